The molecule has 0 radical (unpaired) electrons. The number of benzene rings is 2. The molecule has 0 spiro atoms. The van der Waals surface area contributed by atoms with Crippen LogP contribution >= 0.6 is 0 Å². The highest BCUT2D eigenvalue weighted by molar-refractivity contribution is 6.23. The molecular weight excluding hydrogens is 331 g/mol. The Morgan fingerprint density at radius 1 is 1.08 bits per heavy atom. The molecule has 0 saturated heterocycles. The van der Waals surface area contributed by atoms with Gasteiger partial charge in [0.1, 0.15) is 5.75 Å². The molecule has 0 aliphatic heterocycles. The van der Waals surface area contributed by atoms with Crippen molar-refractivity contribution in [1.82, 2.24) is 0 Å². The zero-order valence-electron chi connectivity index (χ0n) is 13.9. The summed E-state index contributed by atoms with van der Waals surface area (Å²) >= 11 is 0. The van der Waals surface area contributed by atoms with E-state index in [0.29, 0.717) is 18.0 Å². The van der Waals surface area contributed by atoms with Crippen molar-refractivity contribution < 1.29 is 22.7 Å². The summed E-state index contributed by atoms with van der Waals surface area (Å²) in [5, 5.41) is 0. The largest absolute Gasteiger partial charge is 0.497 e. The van der Waals surface area contributed by atoms with E-state index < -0.39 is 17.5 Å². The monoisotopic (exact) mass is 349 g/mol. The lowest BCUT2D eigenvalue weighted by Crippen LogP contribution is -2.26. The lowest BCUT2D eigenvalue weighted by Gasteiger charge is -2.21. The number of methoxy groups -OCH3 is 1. The van der Waals surface area contributed by atoms with Gasteiger partial charge < -0.3 is 9.64 Å². The number of nitrogens with zero attached hydrogens (tertiary/aromatic N) is 1. The number of anilines is 1. The van der Waals surface area contributed by atoms with Crippen molar-refractivity contribution in [2.24, 2.45) is 0 Å². The molecule has 2 rings (SSSR count). The van der Waals surface area contributed by atoms with Gasteiger partial charge in [0.15, 0.2) is 0 Å². The Kier molecular flexibility index (Phi) is 5.85. The highest BCUT2D eigenvalue weighted by atomic mass is 19.4. The first-order chi connectivity index (χ1) is 11.9. The average Bonchev–Trinajstić information content (AvgIpc) is 2.62. The third-order valence-corrected chi connectivity index (χ3v) is 3.62. The third-order valence-electron chi connectivity index (χ3n) is 3.62. The van der Waals surface area contributed by atoms with Crippen LogP contribution in [0.4, 0.5) is 18.9 Å². The SMILES string of the molecule is CCN(/C=C(\C(=O)C(F)(F)F)c1ccccc1)c1ccc(OC)cc1. The summed E-state index contributed by atoms with van der Waals surface area (Å²) in [6.45, 7) is 2.19. The van der Waals surface area contributed by atoms with Gasteiger partial charge in [0.05, 0.1) is 12.7 Å². The molecule has 25 heavy (non-hydrogen) atoms. The van der Waals surface area contributed by atoms with Crippen LogP contribution < -0.4 is 9.64 Å². The second-order valence-electron chi connectivity index (χ2n) is 5.22. The number of ether oxygens (including phenoxy) is 1. The maximum atomic E-state index is 13.0. The minimum atomic E-state index is -4.94. The van der Waals surface area contributed by atoms with Gasteiger partial charge in [-0.15, -0.1) is 0 Å². The minimum absolute atomic E-state index is 0.219. The van der Waals surface area contributed by atoms with Gasteiger partial charge in [-0.3, -0.25) is 4.79 Å². The first-order valence-electron chi connectivity index (χ1n) is 7.66. The minimum Gasteiger partial charge on any atom is -0.497 e. The molecule has 0 amide bonds. The molecule has 3 nitrogen and oxygen atoms in total. The fraction of sp³-hybridized carbons (Fsp3) is 0.211. The van der Waals surface area contributed by atoms with Crippen molar-refractivity contribution in [2.75, 3.05) is 18.6 Å². The van der Waals surface area contributed by atoms with Gasteiger partial charge in [0.2, 0.25) is 0 Å². The molecule has 0 aliphatic rings. The van der Waals surface area contributed by atoms with Crippen LogP contribution in [0.3, 0.4) is 0 Å². The first-order valence-corrected chi connectivity index (χ1v) is 7.66. The highest BCUT2D eigenvalue weighted by Crippen LogP contribution is 2.29. The summed E-state index contributed by atoms with van der Waals surface area (Å²) in [7, 11) is 1.53. The Labute approximate surface area is 144 Å². The fourth-order valence-corrected chi connectivity index (χ4v) is 2.31. The number of carbonyl (C=O) groups excluding carboxylic acids is 1. The lowest BCUT2D eigenvalue weighted by molar-refractivity contribution is -0.164. The fourth-order valence-electron chi connectivity index (χ4n) is 2.31. The van der Waals surface area contributed by atoms with Gasteiger partial charge in [0.25, 0.3) is 5.78 Å². The molecule has 0 aromatic heterocycles. The smallest absolute Gasteiger partial charge is 0.454 e. The summed E-state index contributed by atoms with van der Waals surface area (Å²) in [4.78, 5) is 13.5. The molecule has 0 N–H and O–H groups in total. The normalized spacial score (nSPS) is 12.0. The maximum Gasteiger partial charge on any atom is 0.454 e. The molecule has 0 unspecified atom stereocenters. The van der Waals surface area contributed by atoms with Gasteiger partial charge in [-0.2, -0.15) is 13.2 Å². The van der Waals surface area contributed by atoms with Crippen molar-refractivity contribution >= 4 is 17.0 Å². The van der Waals surface area contributed by atoms with Crippen LogP contribution in [0.15, 0.2) is 60.8 Å². The van der Waals surface area contributed by atoms with E-state index in [1.807, 2.05) is 0 Å². The Hall–Kier alpha value is -2.76. The number of hydrogen-bond acceptors (Lipinski definition) is 3. The van der Waals surface area contributed by atoms with Crippen molar-refractivity contribution in [3.05, 3.63) is 66.4 Å². The summed E-state index contributed by atoms with van der Waals surface area (Å²) in [6, 6.07) is 14.7. The molecule has 2 aromatic carbocycles. The van der Waals surface area contributed by atoms with E-state index >= 15 is 0 Å². The Morgan fingerprint density at radius 3 is 2.16 bits per heavy atom. The van der Waals surface area contributed by atoms with E-state index in [-0.39, 0.29) is 5.56 Å². The molecule has 0 saturated carbocycles. The molecule has 0 bridgehead atoms. The first kappa shape index (κ1) is 18.6. The predicted molar refractivity (Wildman–Crippen MR) is 91.5 cm³/mol. The molecular formula is C19H18F3NO2. The summed E-state index contributed by atoms with van der Waals surface area (Å²) in [5.74, 6) is -1.23. The van der Waals surface area contributed by atoms with E-state index in [9.17, 15) is 18.0 Å². The Morgan fingerprint density at radius 2 is 1.68 bits per heavy atom. The third kappa shape index (κ3) is 4.62. The zero-order valence-corrected chi connectivity index (χ0v) is 13.9. The van der Waals surface area contributed by atoms with E-state index in [1.54, 1.807) is 54.3 Å². The van der Waals surface area contributed by atoms with Gasteiger partial charge in [-0.25, -0.2) is 0 Å². The molecule has 0 aliphatic carbocycles. The van der Waals surface area contributed by atoms with Gasteiger partial charge in [0, 0.05) is 18.4 Å². The second-order valence-corrected chi connectivity index (χ2v) is 5.22. The van der Waals surface area contributed by atoms with E-state index in [4.69, 9.17) is 4.74 Å². The van der Waals surface area contributed by atoms with Crippen LogP contribution in [0.1, 0.15) is 12.5 Å². The molecule has 132 valence electrons. The van der Waals surface area contributed by atoms with Crippen LogP contribution in [0.25, 0.3) is 5.57 Å². The zero-order chi connectivity index (χ0) is 18.4. The van der Waals surface area contributed by atoms with E-state index in [1.165, 1.54) is 25.4 Å². The van der Waals surface area contributed by atoms with Crippen LogP contribution in [0.2, 0.25) is 0 Å². The van der Waals surface area contributed by atoms with Crippen LogP contribution in [0, 0.1) is 0 Å². The van der Waals surface area contributed by atoms with Gasteiger partial charge in [-0.1, -0.05) is 30.3 Å². The lowest BCUT2D eigenvalue weighted by atomic mass is 10.0. The van der Waals surface area contributed by atoms with Crippen LogP contribution in [0.5, 0.6) is 5.75 Å². The molecule has 0 fully saturated rings. The maximum absolute atomic E-state index is 13.0. The van der Waals surface area contributed by atoms with Gasteiger partial charge >= 0.3 is 6.18 Å². The summed E-state index contributed by atoms with van der Waals surface area (Å²) in [5.41, 5.74) is 0.481. The van der Waals surface area contributed by atoms with Crippen LogP contribution in [-0.4, -0.2) is 25.6 Å². The van der Waals surface area contributed by atoms with Crippen molar-refractivity contribution in [3.63, 3.8) is 0 Å². The number of Topliss-reactive ketones (excluding diaryl/α,β-unsaturated/α-hetero) is 1. The Bertz CT molecular complexity index is 738. The average molecular weight is 349 g/mol. The standard InChI is InChI=1S/C19H18F3NO2/c1-3-23(15-9-11-16(25-2)12-10-15)13-17(18(24)19(20,21)22)14-7-5-4-6-8-14/h4-13H,3H2,1-2H3/b17-13-. The number of allylic oxidation sites excluding steroid dienone is 1. The molecule has 0 heterocycles. The molecule has 0 atom stereocenters. The van der Waals surface area contributed by atoms with E-state index in [0.717, 1.165) is 0 Å². The van der Waals surface area contributed by atoms with Crippen molar-refractivity contribution in [1.29, 1.82) is 0 Å². The second kappa shape index (κ2) is 7.88. The van der Waals surface area contributed by atoms with Crippen molar-refractivity contribution in [3.8, 4) is 5.75 Å². The number of carbonyl (C=O) groups is 1. The van der Waals surface area contributed by atoms with Gasteiger partial charge in [-0.05, 0) is 36.8 Å². The number of halogens is 3. The molecule has 2 aromatic rings. The predicted octanol–water partition coefficient (Wildman–Crippen LogP) is 4.69. The summed E-state index contributed by atoms with van der Waals surface area (Å²) in [6.07, 6.45) is -3.70. The number of hydrogen-bond donors (Lipinski definition) is 0. The number of alkyl halides is 3. The number of ketones is 1. The van der Waals surface area contributed by atoms with Crippen LogP contribution in [-0.2, 0) is 4.79 Å². The van der Waals surface area contributed by atoms with E-state index in [2.05, 4.69) is 0 Å². The summed E-state index contributed by atoms with van der Waals surface area (Å²) < 4.78 is 44.1. The number of rotatable bonds is 6. The van der Waals surface area contributed by atoms with Crippen molar-refractivity contribution in [2.45, 2.75) is 13.1 Å². The Balaban J connectivity index is 2.48. The quantitative estimate of drug-likeness (QED) is 0.709. The molecule has 6 heteroatoms. The topological polar surface area (TPSA) is 29.5 Å². The highest BCUT2D eigenvalue weighted by Gasteiger charge is 2.41.